The second kappa shape index (κ2) is 5.94. The number of H-pyrrole nitrogens is 1. The van der Waals surface area contributed by atoms with Crippen LogP contribution in [0, 0.1) is 5.92 Å². The van der Waals surface area contributed by atoms with E-state index < -0.39 is 0 Å². The molecule has 22 heavy (non-hydrogen) atoms. The molecule has 0 unspecified atom stereocenters. The third kappa shape index (κ3) is 2.77. The topological polar surface area (TPSA) is 73.5 Å². The number of fused-ring (bicyclic) bond motifs is 1. The summed E-state index contributed by atoms with van der Waals surface area (Å²) >= 11 is 0. The third-order valence-corrected chi connectivity index (χ3v) is 4.87. The molecule has 6 heteroatoms. The van der Waals surface area contributed by atoms with Gasteiger partial charge in [-0.05, 0) is 31.2 Å². The molecule has 6 nitrogen and oxygen atoms in total. The van der Waals surface area contributed by atoms with E-state index in [9.17, 15) is 14.4 Å². The Hall–Kier alpha value is -2.11. The van der Waals surface area contributed by atoms with Crippen molar-refractivity contribution in [1.29, 1.82) is 0 Å². The minimum atomic E-state index is -0.209. The monoisotopic (exact) mass is 303 g/mol. The Morgan fingerprint density at radius 2 is 2.09 bits per heavy atom. The summed E-state index contributed by atoms with van der Waals surface area (Å²) in [4.78, 5) is 41.8. The molecule has 3 heterocycles. The van der Waals surface area contributed by atoms with Crippen LogP contribution < -0.4 is 5.56 Å². The van der Waals surface area contributed by atoms with Gasteiger partial charge in [-0.15, -0.1) is 0 Å². The molecule has 0 aliphatic carbocycles. The van der Waals surface area contributed by atoms with Gasteiger partial charge in [0.1, 0.15) is 0 Å². The Bertz CT molecular complexity index is 619. The van der Waals surface area contributed by atoms with E-state index in [0.717, 1.165) is 19.3 Å². The van der Waals surface area contributed by atoms with E-state index in [1.807, 2.05) is 16.8 Å². The smallest absolute Gasteiger partial charge is 0.255 e. The molecule has 1 aromatic heterocycles. The van der Waals surface area contributed by atoms with Crippen molar-refractivity contribution in [2.75, 3.05) is 20.1 Å². The van der Waals surface area contributed by atoms with Gasteiger partial charge in [0.15, 0.2) is 0 Å². The van der Waals surface area contributed by atoms with Crippen LogP contribution in [0.4, 0.5) is 0 Å². The number of hydrogen-bond donors (Lipinski definition) is 1. The normalized spacial score (nSPS) is 25.6. The van der Waals surface area contributed by atoms with Crippen LogP contribution in [0.1, 0.15) is 36.0 Å². The van der Waals surface area contributed by atoms with Crippen molar-refractivity contribution in [3.05, 3.63) is 34.2 Å². The molecule has 2 saturated heterocycles. The van der Waals surface area contributed by atoms with E-state index in [-0.39, 0.29) is 23.4 Å². The number of carbonyl (C=O) groups excluding carboxylic acids is 2. The van der Waals surface area contributed by atoms with Crippen molar-refractivity contribution in [1.82, 2.24) is 14.8 Å². The lowest BCUT2D eigenvalue weighted by Gasteiger charge is -2.41. The van der Waals surface area contributed by atoms with Gasteiger partial charge in [0, 0.05) is 44.9 Å². The minimum Gasteiger partial charge on any atom is -0.342 e. The number of nitrogens with one attached hydrogen (secondary N) is 1. The SMILES string of the molecule is CN1C(=O)CCC[C@H]2CN(C(=O)c3ccc(=O)[nH]c3)CC[C@H]21. The molecule has 1 N–H and O–H groups in total. The Morgan fingerprint density at radius 3 is 2.82 bits per heavy atom. The van der Waals surface area contributed by atoms with E-state index in [1.165, 1.54) is 12.3 Å². The lowest BCUT2D eigenvalue weighted by Crippen LogP contribution is -2.51. The number of aromatic amines is 1. The van der Waals surface area contributed by atoms with Gasteiger partial charge in [0.2, 0.25) is 11.5 Å². The van der Waals surface area contributed by atoms with E-state index in [4.69, 9.17) is 0 Å². The highest BCUT2D eigenvalue weighted by Gasteiger charge is 2.37. The molecule has 0 bridgehead atoms. The van der Waals surface area contributed by atoms with Gasteiger partial charge in [-0.1, -0.05) is 0 Å². The molecule has 2 atom stereocenters. The molecular formula is C16H21N3O3. The molecule has 3 rings (SSSR count). The molecule has 2 amide bonds. The largest absolute Gasteiger partial charge is 0.342 e. The summed E-state index contributed by atoms with van der Waals surface area (Å²) in [5, 5.41) is 0. The molecule has 2 aliphatic heterocycles. The first-order valence-corrected chi connectivity index (χ1v) is 7.80. The Morgan fingerprint density at radius 1 is 1.27 bits per heavy atom. The van der Waals surface area contributed by atoms with Crippen molar-refractivity contribution in [2.45, 2.75) is 31.7 Å². The summed E-state index contributed by atoms with van der Waals surface area (Å²) in [6.07, 6.45) is 4.78. The van der Waals surface area contributed by atoms with Crippen LogP contribution in [0.5, 0.6) is 0 Å². The summed E-state index contributed by atoms with van der Waals surface area (Å²) in [6.45, 7) is 1.33. The number of amides is 2. The highest BCUT2D eigenvalue weighted by molar-refractivity contribution is 5.94. The Balaban J connectivity index is 1.73. The van der Waals surface area contributed by atoms with Crippen LogP contribution in [0.15, 0.2) is 23.1 Å². The van der Waals surface area contributed by atoms with Crippen molar-refractivity contribution in [3.8, 4) is 0 Å². The zero-order valence-electron chi connectivity index (χ0n) is 12.7. The molecule has 2 aliphatic rings. The number of likely N-dealkylation sites (tertiary alicyclic amines) is 2. The quantitative estimate of drug-likeness (QED) is 0.836. The molecule has 0 aromatic carbocycles. The first-order valence-electron chi connectivity index (χ1n) is 7.80. The van der Waals surface area contributed by atoms with Crippen LogP contribution >= 0.6 is 0 Å². The van der Waals surface area contributed by atoms with Crippen molar-refractivity contribution >= 4 is 11.8 Å². The van der Waals surface area contributed by atoms with Crippen LogP contribution in [0.25, 0.3) is 0 Å². The fraction of sp³-hybridized carbons (Fsp3) is 0.562. The van der Waals surface area contributed by atoms with Crippen LogP contribution in [0.3, 0.4) is 0 Å². The number of rotatable bonds is 1. The maximum absolute atomic E-state index is 12.5. The first kappa shape index (κ1) is 14.8. The average molecular weight is 303 g/mol. The maximum atomic E-state index is 12.5. The van der Waals surface area contributed by atoms with E-state index in [0.29, 0.717) is 31.0 Å². The highest BCUT2D eigenvalue weighted by Crippen LogP contribution is 2.30. The Labute approximate surface area is 129 Å². The fourth-order valence-electron chi connectivity index (χ4n) is 3.60. The second-order valence-corrected chi connectivity index (χ2v) is 6.21. The molecular weight excluding hydrogens is 282 g/mol. The number of piperidine rings is 1. The van der Waals surface area contributed by atoms with Gasteiger partial charge < -0.3 is 14.8 Å². The standard InChI is InChI=1S/C16H21N3O3/c1-18-13-7-8-19(10-12(13)3-2-4-15(18)21)16(22)11-5-6-14(20)17-9-11/h5-6,9,12-13H,2-4,7-8,10H2,1H3,(H,17,20)/t12-,13+/m0/s1. The summed E-state index contributed by atoms with van der Waals surface area (Å²) in [5.41, 5.74) is 0.301. The molecule has 1 aromatic rings. The van der Waals surface area contributed by atoms with E-state index >= 15 is 0 Å². The van der Waals surface area contributed by atoms with Gasteiger partial charge in [0.05, 0.1) is 5.56 Å². The van der Waals surface area contributed by atoms with E-state index in [1.54, 1.807) is 6.07 Å². The maximum Gasteiger partial charge on any atom is 0.255 e. The molecule has 118 valence electrons. The van der Waals surface area contributed by atoms with Crippen molar-refractivity contribution in [3.63, 3.8) is 0 Å². The zero-order valence-corrected chi connectivity index (χ0v) is 12.7. The zero-order chi connectivity index (χ0) is 15.7. The second-order valence-electron chi connectivity index (χ2n) is 6.21. The minimum absolute atomic E-state index is 0.0482. The van der Waals surface area contributed by atoms with Crippen molar-refractivity contribution < 1.29 is 9.59 Å². The van der Waals surface area contributed by atoms with Gasteiger partial charge in [-0.2, -0.15) is 0 Å². The predicted molar refractivity (Wildman–Crippen MR) is 81.5 cm³/mol. The van der Waals surface area contributed by atoms with Crippen LogP contribution in [-0.4, -0.2) is 52.8 Å². The number of nitrogens with zero attached hydrogens (tertiary/aromatic N) is 2. The summed E-state index contributed by atoms with van der Waals surface area (Å²) < 4.78 is 0. The number of aromatic nitrogens is 1. The first-order chi connectivity index (χ1) is 10.6. The van der Waals surface area contributed by atoms with Crippen LogP contribution in [0.2, 0.25) is 0 Å². The lowest BCUT2D eigenvalue weighted by atomic mass is 9.88. The predicted octanol–water partition coefficient (Wildman–Crippen LogP) is 0.848. The molecule has 2 fully saturated rings. The van der Waals surface area contributed by atoms with Crippen LogP contribution in [-0.2, 0) is 4.79 Å². The van der Waals surface area contributed by atoms with E-state index in [2.05, 4.69) is 4.98 Å². The summed E-state index contributed by atoms with van der Waals surface area (Å²) in [7, 11) is 1.88. The average Bonchev–Trinajstić information content (AvgIpc) is 2.67. The molecule has 0 radical (unpaired) electrons. The molecule has 0 spiro atoms. The highest BCUT2D eigenvalue weighted by atomic mass is 16.2. The van der Waals surface area contributed by atoms with Gasteiger partial charge in [-0.3, -0.25) is 14.4 Å². The third-order valence-electron chi connectivity index (χ3n) is 4.87. The lowest BCUT2D eigenvalue weighted by molar-refractivity contribution is -0.132. The number of pyridine rings is 1. The number of hydrogen-bond acceptors (Lipinski definition) is 3. The fourth-order valence-corrected chi connectivity index (χ4v) is 3.60. The summed E-state index contributed by atoms with van der Waals surface area (Å²) in [6, 6.07) is 3.18. The molecule has 0 saturated carbocycles. The van der Waals surface area contributed by atoms with Gasteiger partial charge in [-0.25, -0.2) is 0 Å². The van der Waals surface area contributed by atoms with Crippen molar-refractivity contribution in [2.24, 2.45) is 5.92 Å². The Kier molecular flexibility index (Phi) is 4.00. The summed E-state index contributed by atoms with van der Waals surface area (Å²) in [5.74, 6) is 0.512. The number of carbonyl (C=O) groups is 2. The van der Waals surface area contributed by atoms with Gasteiger partial charge in [0.25, 0.3) is 5.91 Å². The van der Waals surface area contributed by atoms with Gasteiger partial charge >= 0.3 is 0 Å².